The third-order valence-electron chi connectivity index (χ3n) is 0.958. The first-order valence-electron chi connectivity index (χ1n) is 3.23. The molecule has 0 aliphatic rings. The average Bonchev–Trinajstić information content (AvgIpc) is 1.86. The molecule has 5 heteroatoms. The summed E-state index contributed by atoms with van der Waals surface area (Å²) in [5.74, 6) is -0.509. The number of rotatable bonds is 4. The minimum atomic E-state index is -1.42. The minimum absolute atomic E-state index is 0.00333. The first-order chi connectivity index (χ1) is 5.04. The van der Waals surface area contributed by atoms with Crippen molar-refractivity contribution >= 4 is 13.1 Å². The van der Waals surface area contributed by atoms with E-state index in [1.54, 1.807) is 0 Å². The molecule has 0 heterocycles. The minimum Gasteiger partial charge on any atom is -0.463 e. The van der Waals surface area contributed by atoms with Crippen LogP contribution < -0.4 is 0 Å². The van der Waals surface area contributed by atoms with Crippen LogP contribution in [-0.4, -0.2) is 29.7 Å². The third kappa shape index (κ3) is 5.63. The summed E-state index contributed by atoms with van der Waals surface area (Å²) in [4.78, 5) is 10.6. The monoisotopic (exact) mass is 158 g/mol. The normalized spacial score (nSPS) is 9.00. The van der Waals surface area contributed by atoms with E-state index in [4.69, 9.17) is 10.0 Å². The first-order valence-corrected chi connectivity index (χ1v) is 3.23. The predicted octanol–water partition coefficient (Wildman–Crippen LogP) is -0.421. The number of ether oxygens (including phenoxy) is 1. The second kappa shape index (κ2) is 4.93. The van der Waals surface area contributed by atoms with Gasteiger partial charge in [-0.2, -0.15) is 0 Å². The number of hydrogen-bond donors (Lipinski definition) is 2. The van der Waals surface area contributed by atoms with E-state index in [1.165, 1.54) is 6.92 Å². The van der Waals surface area contributed by atoms with Crippen LogP contribution >= 0.6 is 0 Å². The van der Waals surface area contributed by atoms with Crippen molar-refractivity contribution in [1.29, 1.82) is 0 Å². The van der Waals surface area contributed by atoms with Crippen molar-refractivity contribution in [3.05, 3.63) is 12.2 Å². The summed E-state index contributed by atoms with van der Waals surface area (Å²) in [5, 5.41) is 16.7. The molecule has 0 radical (unpaired) electrons. The predicted molar refractivity (Wildman–Crippen MR) is 40.8 cm³/mol. The Morgan fingerprint density at radius 2 is 2.18 bits per heavy atom. The van der Waals surface area contributed by atoms with Crippen LogP contribution in [0, 0.1) is 0 Å². The van der Waals surface area contributed by atoms with Gasteiger partial charge in [0.15, 0.2) is 0 Å². The lowest BCUT2D eigenvalue weighted by atomic mass is 9.87. The Labute approximate surface area is 65.6 Å². The van der Waals surface area contributed by atoms with Crippen molar-refractivity contribution in [3.8, 4) is 0 Å². The van der Waals surface area contributed by atoms with Gasteiger partial charge in [0.05, 0.1) is 6.61 Å². The molecule has 0 saturated heterocycles. The van der Waals surface area contributed by atoms with Crippen molar-refractivity contribution < 1.29 is 19.6 Å². The molecule has 0 amide bonds. The second-order valence-electron chi connectivity index (χ2n) is 2.19. The maximum absolute atomic E-state index is 10.6. The zero-order valence-corrected chi connectivity index (χ0v) is 6.41. The third-order valence-corrected chi connectivity index (χ3v) is 0.958. The van der Waals surface area contributed by atoms with Crippen LogP contribution in [0.5, 0.6) is 0 Å². The topological polar surface area (TPSA) is 66.8 Å². The zero-order chi connectivity index (χ0) is 8.85. The number of carbonyl (C=O) groups excluding carboxylic acids is 1. The van der Waals surface area contributed by atoms with Crippen LogP contribution in [-0.2, 0) is 9.53 Å². The molecule has 62 valence electrons. The van der Waals surface area contributed by atoms with Gasteiger partial charge in [0.25, 0.3) is 0 Å². The van der Waals surface area contributed by atoms with Gasteiger partial charge >= 0.3 is 13.1 Å². The van der Waals surface area contributed by atoms with E-state index < -0.39 is 13.1 Å². The fraction of sp³-hybridized carbons (Fsp3) is 0.500. The quantitative estimate of drug-likeness (QED) is 0.331. The second-order valence-corrected chi connectivity index (χ2v) is 2.19. The van der Waals surface area contributed by atoms with E-state index in [2.05, 4.69) is 11.3 Å². The van der Waals surface area contributed by atoms with E-state index in [1.807, 2.05) is 0 Å². The SMILES string of the molecule is C=C(C)C(=O)OCCB(O)O. The Morgan fingerprint density at radius 3 is 2.55 bits per heavy atom. The number of esters is 1. The number of hydrogen-bond acceptors (Lipinski definition) is 4. The highest BCUT2D eigenvalue weighted by Crippen LogP contribution is 1.94. The van der Waals surface area contributed by atoms with Crippen LogP contribution in [0.3, 0.4) is 0 Å². The van der Waals surface area contributed by atoms with Crippen molar-refractivity contribution in [3.63, 3.8) is 0 Å². The molecule has 0 aromatic heterocycles. The highest BCUT2D eigenvalue weighted by Gasteiger charge is 2.08. The Balaban J connectivity index is 3.40. The van der Waals surface area contributed by atoms with Crippen LogP contribution in [0.1, 0.15) is 6.92 Å². The van der Waals surface area contributed by atoms with Crippen molar-refractivity contribution in [2.45, 2.75) is 13.2 Å². The molecular weight excluding hydrogens is 147 g/mol. The van der Waals surface area contributed by atoms with Crippen molar-refractivity contribution in [1.82, 2.24) is 0 Å². The fourth-order valence-corrected chi connectivity index (χ4v) is 0.380. The Morgan fingerprint density at radius 1 is 1.64 bits per heavy atom. The van der Waals surface area contributed by atoms with Gasteiger partial charge in [-0.15, -0.1) is 0 Å². The van der Waals surface area contributed by atoms with Gasteiger partial charge in [-0.25, -0.2) is 4.79 Å². The number of carbonyl (C=O) groups is 1. The molecule has 4 nitrogen and oxygen atoms in total. The van der Waals surface area contributed by atoms with Crippen LogP contribution in [0.4, 0.5) is 0 Å². The lowest BCUT2D eigenvalue weighted by Gasteiger charge is -2.02. The van der Waals surface area contributed by atoms with Gasteiger partial charge in [-0.3, -0.25) is 0 Å². The Hall–Kier alpha value is -0.805. The first kappa shape index (κ1) is 10.2. The summed E-state index contributed by atoms with van der Waals surface area (Å²) in [7, 11) is -1.42. The van der Waals surface area contributed by atoms with E-state index >= 15 is 0 Å². The molecule has 0 aliphatic heterocycles. The Bertz CT molecular complexity index is 155. The summed E-state index contributed by atoms with van der Waals surface area (Å²) < 4.78 is 4.56. The molecule has 0 aromatic carbocycles. The van der Waals surface area contributed by atoms with E-state index in [-0.39, 0.29) is 12.9 Å². The summed E-state index contributed by atoms with van der Waals surface area (Å²) in [6.07, 6.45) is 0.0268. The summed E-state index contributed by atoms with van der Waals surface area (Å²) in [5.41, 5.74) is 0.303. The molecule has 2 N–H and O–H groups in total. The molecule has 0 saturated carbocycles. The molecule has 0 unspecified atom stereocenters. The highest BCUT2D eigenvalue weighted by molar-refractivity contribution is 6.41. The zero-order valence-electron chi connectivity index (χ0n) is 6.41. The van der Waals surface area contributed by atoms with Crippen molar-refractivity contribution in [2.75, 3.05) is 6.61 Å². The van der Waals surface area contributed by atoms with Crippen LogP contribution in [0.25, 0.3) is 0 Å². The van der Waals surface area contributed by atoms with E-state index in [9.17, 15) is 4.79 Å². The van der Waals surface area contributed by atoms with Gasteiger partial charge in [-0.05, 0) is 6.92 Å². The average molecular weight is 158 g/mol. The van der Waals surface area contributed by atoms with E-state index in [0.717, 1.165) is 0 Å². The van der Waals surface area contributed by atoms with Crippen LogP contribution in [0.2, 0.25) is 6.32 Å². The van der Waals surface area contributed by atoms with Crippen molar-refractivity contribution in [2.24, 2.45) is 0 Å². The Kier molecular flexibility index (Phi) is 4.57. The largest absolute Gasteiger partial charge is 0.463 e. The van der Waals surface area contributed by atoms with Crippen LogP contribution in [0.15, 0.2) is 12.2 Å². The molecular formula is C6H11BO4. The molecule has 0 fully saturated rings. The molecule has 0 atom stereocenters. The van der Waals surface area contributed by atoms with E-state index in [0.29, 0.717) is 5.57 Å². The summed E-state index contributed by atoms with van der Waals surface area (Å²) in [6.45, 7) is 4.88. The van der Waals surface area contributed by atoms with Gasteiger partial charge in [0, 0.05) is 11.9 Å². The van der Waals surface area contributed by atoms with Gasteiger partial charge < -0.3 is 14.8 Å². The lowest BCUT2D eigenvalue weighted by Crippen LogP contribution is -2.15. The van der Waals surface area contributed by atoms with Gasteiger partial charge in [0.1, 0.15) is 0 Å². The maximum Gasteiger partial charge on any atom is 0.454 e. The van der Waals surface area contributed by atoms with Gasteiger partial charge in [0.2, 0.25) is 0 Å². The summed E-state index contributed by atoms with van der Waals surface area (Å²) >= 11 is 0. The molecule has 0 aromatic rings. The smallest absolute Gasteiger partial charge is 0.454 e. The molecule has 0 aliphatic carbocycles. The summed E-state index contributed by atoms with van der Waals surface area (Å²) in [6, 6.07) is 0. The highest BCUT2D eigenvalue weighted by atomic mass is 16.5. The maximum atomic E-state index is 10.6. The molecule has 0 bridgehead atoms. The molecule has 0 rings (SSSR count). The fourth-order valence-electron chi connectivity index (χ4n) is 0.380. The van der Waals surface area contributed by atoms with Gasteiger partial charge in [-0.1, -0.05) is 6.58 Å². The standard InChI is InChI=1S/C6H11BO4/c1-5(2)6(8)11-4-3-7(9)10/h9-10H,1,3-4H2,2H3. The molecule has 0 spiro atoms. The molecule has 11 heavy (non-hydrogen) atoms. The lowest BCUT2D eigenvalue weighted by molar-refractivity contribution is -0.138.